The second-order valence-electron chi connectivity index (χ2n) is 6.71. The lowest BCUT2D eigenvalue weighted by Gasteiger charge is -2.10. The van der Waals surface area contributed by atoms with Gasteiger partial charge in [-0.25, -0.2) is 4.98 Å². The molecule has 0 bridgehead atoms. The van der Waals surface area contributed by atoms with E-state index in [4.69, 9.17) is 18.6 Å². The van der Waals surface area contributed by atoms with Gasteiger partial charge in [0.25, 0.3) is 0 Å². The zero-order valence-corrected chi connectivity index (χ0v) is 17.5. The monoisotopic (exact) mass is 419 g/mol. The van der Waals surface area contributed by atoms with Gasteiger partial charge in [0.2, 0.25) is 5.89 Å². The van der Waals surface area contributed by atoms with Crippen LogP contribution in [0.4, 0.5) is 0 Å². The largest absolute Gasteiger partial charge is 0.493 e. The van der Waals surface area contributed by atoms with Gasteiger partial charge < -0.3 is 18.6 Å². The van der Waals surface area contributed by atoms with E-state index in [2.05, 4.69) is 18.1 Å². The molecule has 1 aromatic heterocycles. The molecule has 0 amide bonds. The van der Waals surface area contributed by atoms with Crippen molar-refractivity contribution < 1.29 is 23.4 Å². The third-order valence-electron chi connectivity index (χ3n) is 4.41. The number of carbonyl (C=O) groups is 1. The van der Waals surface area contributed by atoms with Crippen molar-refractivity contribution in [2.24, 2.45) is 0 Å². The van der Waals surface area contributed by atoms with Crippen LogP contribution in [0.15, 0.2) is 78.5 Å². The first-order valence-electron chi connectivity index (χ1n) is 9.84. The van der Waals surface area contributed by atoms with Crippen LogP contribution >= 0.6 is 0 Å². The van der Waals surface area contributed by atoms with Crippen molar-refractivity contribution in [3.8, 4) is 28.7 Å². The Labute approximate surface area is 181 Å². The molecule has 0 aliphatic heterocycles. The van der Waals surface area contributed by atoms with Gasteiger partial charge in [-0.2, -0.15) is 0 Å². The highest BCUT2D eigenvalue weighted by Crippen LogP contribution is 2.32. The predicted octanol–water partition coefficient (Wildman–Crippen LogP) is 4.83. The predicted molar refractivity (Wildman–Crippen MR) is 119 cm³/mol. The third kappa shape index (κ3) is 5.85. The first kappa shape index (κ1) is 21.9. The quantitative estimate of drug-likeness (QED) is 0.392. The van der Waals surface area contributed by atoms with Crippen molar-refractivity contribution in [2.75, 3.05) is 20.3 Å². The van der Waals surface area contributed by atoms with Crippen LogP contribution < -0.4 is 14.2 Å². The summed E-state index contributed by atoms with van der Waals surface area (Å²) in [4.78, 5) is 17.1. The number of hydrogen-bond donors (Lipinski definition) is 0. The highest BCUT2D eigenvalue weighted by molar-refractivity contribution is 5.83. The number of para-hydroxylation sites is 1. The van der Waals surface area contributed by atoms with Crippen LogP contribution in [-0.4, -0.2) is 31.1 Å². The molecule has 2 aromatic carbocycles. The molecule has 3 rings (SSSR count). The zero-order chi connectivity index (χ0) is 22.1. The number of ketones is 1. The van der Waals surface area contributed by atoms with Gasteiger partial charge >= 0.3 is 0 Å². The summed E-state index contributed by atoms with van der Waals surface area (Å²) in [5, 5.41) is 0. The number of aromatic nitrogens is 1. The summed E-state index contributed by atoms with van der Waals surface area (Å²) in [5.74, 6) is 2.27. The van der Waals surface area contributed by atoms with E-state index in [0.29, 0.717) is 42.0 Å². The van der Waals surface area contributed by atoms with E-state index in [0.717, 1.165) is 11.1 Å². The lowest BCUT2D eigenvalue weighted by Crippen LogP contribution is -2.08. The number of methoxy groups -OCH3 is 1. The van der Waals surface area contributed by atoms with Crippen molar-refractivity contribution in [3.63, 3.8) is 0 Å². The molecule has 6 heteroatoms. The second kappa shape index (κ2) is 10.8. The molecule has 0 fully saturated rings. The highest BCUT2D eigenvalue weighted by atomic mass is 16.5. The molecule has 1 heterocycles. The summed E-state index contributed by atoms with van der Waals surface area (Å²) in [6.07, 6.45) is 5.23. The molecule has 0 saturated carbocycles. The van der Waals surface area contributed by atoms with Gasteiger partial charge in [0.15, 0.2) is 11.5 Å². The zero-order valence-electron chi connectivity index (χ0n) is 17.5. The molecule has 6 nitrogen and oxygen atoms in total. The first-order chi connectivity index (χ1) is 15.1. The van der Waals surface area contributed by atoms with Gasteiger partial charge in [0, 0.05) is 17.5 Å². The highest BCUT2D eigenvalue weighted by Gasteiger charge is 2.15. The van der Waals surface area contributed by atoms with Crippen molar-refractivity contribution in [3.05, 3.63) is 85.3 Å². The van der Waals surface area contributed by atoms with Gasteiger partial charge in [-0.15, -0.1) is 0 Å². The van der Waals surface area contributed by atoms with Crippen LogP contribution in [0.5, 0.6) is 17.2 Å². The molecule has 0 N–H and O–H groups in total. The maximum Gasteiger partial charge on any atom is 0.226 e. The fourth-order valence-corrected chi connectivity index (χ4v) is 3.01. The SMILES string of the molecule is C=CCOc1ccccc1CC(=O)Cc1coc(-c2ccc(OC)c(OCC=C)c2)n1. The lowest BCUT2D eigenvalue weighted by molar-refractivity contribution is -0.117. The average molecular weight is 419 g/mol. The fourth-order valence-electron chi connectivity index (χ4n) is 3.01. The van der Waals surface area contributed by atoms with E-state index in [1.807, 2.05) is 30.3 Å². The van der Waals surface area contributed by atoms with Gasteiger partial charge in [-0.05, 0) is 24.3 Å². The topological polar surface area (TPSA) is 70.8 Å². The normalized spacial score (nSPS) is 10.4. The van der Waals surface area contributed by atoms with Crippen LogP contribution in [0.25, 0.3) is 11.5 Å². The number of Topliss-reactive ketones (excluding diaryl/α,β-unsaturated/α-hetero) is 1. The van der Waals surface area contributed by atoms with Gasteiger partial charge in [-0.3, -0.25) is 4.79 Å². The van der Waals surface area contributed by atoms with Crippen molar-refractivity contribution >= 4 is 5.78 Å². The number of hydrogen-bond acceptors (Lipinski definition) is 6. The fraction of sp³-hybridized carbons (Fsp3) is 0.200. The Balaban J connectivity index is 1.70. The van der Waals surface area contributed by atoms with E-state index >= 15 is 0 Å². The van der Waals surface area contributed by atoms with Crippen LogP contribution in [0.2, 0.25) is 0 Å². The van der Waals surface area contributed by atoms with E-state index in [-0.39, 0.29) is 18.6 Å². The number of ether oxygens (including phenoxy) is 3. The summed E-state index contributed by atoms with van der Waals surface area (Å²) >= 11 is 0. The van der Waals surface area contributed by atoms with Crippen molar-refractivity contribution in [2.45, 2.75) is 12.8 Å². The molecule has 0 aliphatic rings. The molecule has 3 aromatic rings. The standard InChI is InChI=1S/C25H25NO5/c1-4-12-29-22-9-7-6-8-18(22)14-21(27)16-20-17-31-25(26-20)19-10-11-23(28-3)24(15-19)30-13-5-2/h4-11,15,17H,1-2,12-14,16H2,3H3. The molecule has 0 saturated heterocycles. The lowest BCUT2D eigenvalue weighted by atomic mass is 10.1. The van der Waals surface area contributed by atoms with E-state index < -0.39 is 0 Å². The summed E-state index contributed by atoms with van der Waals surface area (Å²) in [7, 11) is 1.57. The molecule has 0 aliphatic carbocycles. The number of benzene rings is 2. The summed E-state index contributed by atoms with van der Waals surface area (Å²) < 4.78 is 22.2. The molecule has 31 heavy (non-hydrogen) atoms. The molecule has 0 spiro atoms. The number of oxazole rings is 1. The maximum absolute atomic E-state index is 12.6. The minimum Gasteiger partial charge on any atom is -0.493 e. The maximum atomic E-state index is 12.6. The summed E-state index contributed by atoms with van der Waals surface area (Å²) in [6.45, 7) is 8.04. The van der Waals surface area contributed by atoms with E-state index in [1.165, 1.54) is 6.26 Å². The Bertz CT molecular complexity index is 1050. The van der Waals surface area contributed by atoms with Crippen molar-refractivity contribution in [1.82, 2.24) is 4.98 Å². The minimum atomic E-state index is 0.0132. The van der Waals surface area contributed by atoms with Crippen LogP contribution in [-0.2, 0) is 17.6 Å². The molecule has 0 radical (unpaired) electrons. The van der Waals surface area contributed by atoms with Crippen LogP contribution in [0.1, 0.15) is 11.3 Å². The first-order valence-corrected chi connectivity index (χ1v) is 9.84. The Morgan fingerprint density at radius 2 is 1.74 bits per heavy atom. The average Bonchev–Trinajstić information content (AvgIpc) is 3.25. The number of nitrogens with zero attached hydrogens (tertiary/aromatic N) is 1. The Kier molecular flexibility index (Phi) is 7.65. The van der Waals surface area contributed by atoms with Crippen LogP contribution in [0.3, 0.4) is 0 Å². The van der Waals surface area contributed by atoms with Gasteiger partial charge in [0.1, 0.15) is 31.0 Å². The summed E-state index contributed by atoms with van der Waals surface area (Å²) in [5.41, 5.74) is 2.12. The Morgan fingerprint density at radius 1 is 1.00 bits per heavy atom. The number of carbonyl (C=O) groups excluding carboxylic acids is 1. The third-order valence-corrected chi connectivity index (χ3v) is 4.41. The molecule has 0 atom stereocenters. The van der Waals surface area contributed by atoms with Crippen molar-refractivity contribution in [1.29, 1.82) is 0 Å². The Hall–Kier alpha value is -3.80. The van der Waals surface area contributed by atoms with E-state index in [9.17, 15) is 4.79 Å². The minimum absolute atomic E-state index is 0.0132. The second-order valence-corrected chi connectivity index (χ2v) is 6.71. The number of rotatable bonds is 12. The van der Waals surface area contributed by atoms with E-state index in [1.54, 1.807) is 31.4 Å². The molecule has 0 unspecified atom stereocenters. The molecular formula is C25H25NO5. The Morgan fingerprint density at radius 3 is 2.48 bits per heavy atom. The van der Waals surface area contributed by atoms with Gasteiger partial charge in [-0.1, -0.05) is 43.5 Å². The summed E-state index contributed by atoms with van der Waals surface area (Å²) in [6, 6.07) is 12.9. The smallest absolute Gasteiger partial charge is 0.226 e. The van der Waals surface area contributed by atoms with Gasteiger partial charge in [0.05, 0.1) is 19.2 Å². The van der Waals surface area contributed by atoms with Crippen LogP contribution in [0, 0.1) is 0 Å². The molecule has 160 valence electrons. The molecular weight excluding hydrogens is 394 g/mol.